The van der Waals surface area contributed by atoms with Crippen LogP contribution in [0.5, 0.6) is 5.75 Å². The molecular weight excluding hydrogens is 416 g/mol. The Kier molecular flexibility index (Phi) is 5.79. The lowest BCUT2D eigenvalue weighted by Crippen LogP contribution is -2.40. The lowest BCUT2D eigenvalue weighted by molar-refractivity contribution is -0.138. The number of amides is 1. The van der Waals surface area contributed by atoms with E-state index >= 15 is 0 Å². The van der Waals surface area contributed by atoms with Gasteiger partial charge >= 0.3 is 6.18 Å². The maximum atomic E-state index is 13.1. The molecule has 0 N–H and O–H groups in total. The number of piperidine rings is 1. The molecule has 1 aliphatic heterocycles. The normalized spacial score (nSPS) is 17.2. The molecule has 0 saturated carbocycles. The van der Waals surface area contributed by atoms with Crippen molar-refractivity contribution in [3.63, 3.8) is 0 Å². The Balaban J connectivity index is 1.41. The van der Waals surface area contributed by atoms with Crippen molar-refractivity contribution >= 4 is 11.6 Å². The van der Waals surface area contributed by atoms with Crippen molar-refractivity contribution in [3.05, 3.63) is 59.8 Å². The van der Waals surface area contributed by atoms with Gasteiger partial charge in [-0.2, -0.15) is 13.2 Å². The number of nitrogens with zero attached hydrogens (tertiary/aromatic N) is 4. The van der Waals surface area contributed by atoms with Gasteiger partial charge in [0.2, 0.25) is 5.91 Å². The van der Waals surface area contributed by atoms with Crippen LogP contribution >= 0.6 is 0 Å². The summed E-state index contributed by atoms with van der Waals surface area (Å²) >= 11 is 0. The molecule has 3 aromatic rings. The van der Waals surface area contributed by atoms with Gasteiger partial charge in [0, 0.05) is 25.2 Å². The van der Waals surface area contributed by atoms with Crippen LogP contribution in [0.25, 0.3) is 5.65 Å². The van der Waals surface area contributed by atoms with Crippen molar-refractivity contribution in [2.75, 3.05) is 19.7 Å². The lowest BCUT2D eigenvalue weighted by atomic mass is 9.97. The van der Waals surface area contributed by atoms with Crippen molar-refractivity contribution in [1.82, 2.24) is 19.5 Å². The fourth-order valence-corrected chi connectivity index (χ4v) is 3.71. The molecule has 1 aromatic carbocycles. The van der Waals surface area contributed by atoms with Gasteiger partial charge in [-0.1, -0.05) is 0 Å². The summed E-state index contributed by atoms with van der Waals surface area (Å²) in [5, 5.41) is 8.07. The molecule has 6 nitrogen and oxygen atoms in total. The molecule has 4 rings (SSSR count). The smallest absolute Gasteiger partial charge is 0.417 e. The SMILES string of the molecule is O=C(CCOc1ccc(F)cc1)N1CCCC(c2nnc3ccc(C(F)(F)F)cn23)C1. The Labute approximate surface area is 175 Å². The molecule has 1 amide bonds. The fraction of sp³-hybridized carbons (Fsp3) is 0.381. The second-order valence-electron chi connectivity index (χ2n) is 7.43. The van der Waals surface area contributed by atoms with E-state index in [0.717, 1.165) is 12.3 Å². The van der Waals surface area contributed by atoms with Crippen LogP contribution < -0.4 is 4.74 Å². The number of benzene rings is 1. The third-order valence-electron chi connectivity index (χ3n) is 5.29. The summed E-state index contributed by atoms with van der Waals surface area (Å²) in [4.78, 5) is 14.3. The molecule has 31 heavy (non-hydrogen) atoms. The predicted octanol–water partition coefficient (Wildman–Crippen LogP) is 4.06. The fourth-order valence-electron chi connectivity index (χ4n) is 3.71. The summed E-state index contributed by atoms with van der Waals surface area (Å²) in [6, 6.07) is 7.80. The zero-order valence-electron chi connectivity index (χ0n) is 16.5. The van der Waals surface area contributed by atoms with E-state index in [9.17, 15) is 22.4 Å². The van der Waals surface area contributed by atoms with E-state index in [-0.39, 0.29) is 30.7 Å². The van der Waals surface area contributed by atoms with Crippen LogP contribution in [-0.4, -0.2) is 45.1 Å². The van der Waals surface area contributed by atoms with Crippen LogP contribution in [0, 0.1) is 5.82 Å². The van der Waals surface area contributed by atoms with Gasteiger partial charge in [0.25, 0.3) is 0 Å². The van der Waals surface area contributed by atoms with Crippen molar-refractivity contribution in [2.24, 2.45) is 0 Å². The maximum Gasteiger partial charge on any atom is 0.417 e. The van der Waals surface area contributed by atoms with Crippen LogP contribution in [0.2, 0.25) is 0 Å². The van der Waals surface area contributed by atoms with Crippen molar-refractivity contribution in [2.45, 2.75) is 31.4 Å². The number of carbonyl (C=O) groups is 1. The Bertz CT molecular complexity index is 1070. The van der Waals surface area contributed by atoms with Gasteiger partial charge in [-0.25, -0.2) is 4.39 Å². The molecule has 0 bridgehead atoms. The Morgan fingerprint density at radius 3 is 2.65 bits per heavy atom. The van der Waals surface area contributed by atoms with Gasteiger partial charge in [0.15, 0.2) is 5.65 Å². The molecule has 2 aromatic heterocycles. The molecule has 0 radical (unpaired) electrons. The highest BCUT2D eigenvalue weighted by Gasteiger charge is 2.32. The standard InChI is InChI=1S/C21H20F4N4O2/c22-16-4-6-17(7-5-16)31-11-9-19(30)28-10-1-2-14(12-28)20-27-26-18-8-3-15(13-29(18)20)21(23,24)25/h3-8,13-14H,1-2,9-12H2. The number of carbonyl (C=O) groups excluding carboxylic acids is 1. The number of fused-ring (bicyclic) bond motifs is 1. The number of rotatable bonds is 5. The van der Waals surface area contributed by atoms with Crippen LogP contribution in [0.15, 0.2) is 42.6 Å². The van der Waals surface area contributed by atoms with Crippen molar-refractivity contribution in [1.29, 1.82) is 0 Å². The van der Waals surface area contributed by atoms with E-state index in [1.54, 1.807) is 4.90 Å². The van der Waals surface area contributed by atoms with Gasteiger partial charge in [-0.05, 0) is 49.2 Å². The van der Waals surface area contributed by atoms with Gasteiger partial charge in [0.05, 0.1) is 18.6 Å². The quantitative estimate of drug-likeness (QED) is 0.566. The molecule has 164 valence electrons. The monoisotopic (exact) mass is 436 g/mol. The van der Waals surface area contributed by atoms with E-state index in [1.165, 1.54) is 34.7 Å². The van der Waals surface area contributed by atoms with E-state index in [2.05, 4.69) is 10.2 Å². The Morgan fingerprint density at radius 2 is 1.90 bits per heavy atom. The molecule has 1 atom stereocenters. The minimum atomic E-state index is -4.46. The predicted molar refractivity (Wildman–Crippen MR) is 103 cm³/mol. The molecule has 1 saturated heterocycles. The van der Waals surface area contributed by atoms with Gasteiger partial charge in [-0.3, -0.25) is 9.20 Å². The van der Waals surface area contributed by atoms with E-state index in [4.69, 9.17) is 4.74 Å². The van der Waals surface area contributed by atoms with Crippen LogP contribution in [0.1, 0.15) is 36.6 Å². The summed E-state index contributed by atoms with van der Waals surface area (Å²) in [6.07, 6.45) is -1.91. The molecule has 1 unspecified atom stereocenters. The van der Waals surface area contributed by atoms with Gasteiger partial charge < -0.3 is 9.64 Å². The third-order valence-corrected chi connectivity index (χ3v) is 5.29. The Hall–Kier alpha value is -3.17. The first-order valence-corrected chi connectivity index (χ1v) is 9.89. The highest BCUT2D eigenvalue weighted by atomic mass is 19.4. The van der Waals surface area contributed by atoms with E-state index in [0.29, 0.717) is 43.2 Å². The molecule has 1 fully saturated rings. The minimum absolute atomic E-state index is 0.114. The molecule has 0 spiro atoms. The van der Waals surface area contributed by atoms with Crippen LogP contribution in [0.4, 0.5) is 17.6 Å². The Morgan fingerprint density at radius 1 is 1.13 bits per heavy atom. The van der Waals surface area contributed by atoms with E-state index in [1.807, 2.05) is 0 Å². The van der Waals surface area contributed by atoms with Crippen molar-refractivity contribution in [3.8, 4) is 5.75 Å². The first-order chi connectivity index (χ1) is 14.8. The van der Waals surface area contributed by atoms with Crippen LogP contribution in [0.3, 0.4) is 0 Å². The number of hydrogen-bond acceptors (Lipinski definition) is 4. The molecule has 3 heterocycles. The summed E-state index contributed by atoms with van der Waals surface area (Å²) in [7, 11) is 0. The van der Waals surface area contributed by atoms with Gasteiger partial charge in [-0.15, -0.1) is 10.2 Å². The first kappa shape index (κ1) is 21.1. The zero-order valence-corrected chi connectivity index (χ0v) is 16.5. The number of likely N-dealkylation sites (tertiary alicyclic amines) is 1. The summed E-state index contributed by atoms with van der Waals surface area (Å²) in [5.74, 6) is 0.194. The summed E-state index contributed by atoms with van der Waals surface area (Å²) in [5.41, 5.74) is -0.443. The number of pyridine rings is 1. The molecule has 0 aliphatic carbocycles. The molecule has 10 heteroatoms. The second-order valence-corrected chi connectivity index (χ2v) is 7.43. The second kappa shape index (κ2) is 8.52. The lowest BCUT2D eigenvalue weighted by Gasteiger charge is -2.32. The highest BCUT2D eigenvalue weighted by Crippen LogP contribution is 2.31. The van der Waals surface area contributed by atoms with E-state index < -0.39 is 11.7 Å². The summed E-state index contributed by atoms with van der Waals surface area (Å²) < 4.78 is 59.0. The highest BCUT2D eigenvalue weighted by molar-refractivity contribution is 5.76. The topological polar surface area (TPSA) is 59.7 Å². The number of alkyl halides is 3. The largest absolute Gasteiger partial charge is 0.493 e. The van der Waals surface area contributed by atoms with Gasteiger partial charge in [0.1, 0.15) is 17.4 Å². The molecule has 1 aliphatic rings. The number of halogens is 4. The molecular formula is C21H20F4N4O2. The number of hydrogen-bond donors (Lipinski definition) is 0. The summed E-state index contributed by atoms with van der Waals surface area (Å²) in [6.45, 7) is 1.07. The third kappa shape index (κ3) is 4.78. The first-order valence-electron chi connectivity index (χ1n) is 9.89. The number of ether oxygens (including phenoxy) is 1. The minimum Gasteiger partial charge on any atom is -0.493 e. The zero-order chi connectivity index (χ0) is 22.0. The van der Waals surface area contributed by atoms with Crippen LogP contribution in [-0.2, 0) is 11.0 Å². The average molecular weight is 436 g/mol. The number of aromatic nitrogens is 3. The van der Waals surface area contributed by atoms with Crippen molar-refractivity contribution < 1.29 is 27.1 Å². The average Bonchev–Trinajstić information content (AvgIpc) is 3.18. The maximum absolute atomic E-state index is 13.1.